The van der Waals surface area contributed by atoms with Crippen molar-refractivity contribution >= 4 is 0 Å². The Balaban J connectivity index is 2.07. The third-order valence-electron chi connectivity index (χ3n) is 5.28. The van der Waals surface area contributed by atoms with Crippen molar-refractivity contribution in [2.75, 3.05) is 20.3 Å². The lowest BCUT2D eigenvalue weighted by molar-refractivity contribution is -0.109. The number of nitrogens with one attached hydrogen (secondary N) is 1. The van der Waals surface area contributed by atoms with Crippen LogP contribution in [-0.2, 0) is 9.47 Å². The van der Waals surface area contributed by atoms with E-state index in [2.05, 4.69) is 26.1 Å². The Bertz CT molecular complexity index is 287. The van der Waals surface area contributed by atoms with Crippen LogP contribution in [0.3, 0.4) is 0 Å². The number of rotatable bonds is 6. The van der Waals surface area contributed by atoms with E-state index in [0.29, 0.717) is 24.0 Å². The predicted octanol–water partition coefficient (Wildman–Crippen LogP) is 3.37. The van der Waals surface area contributed by atoms with Gasteiger partial charge in [-0.1, -0.05) is 33.6 Å². The van der Waals surface area contributed by atoms with Crippen LogP contribution >= 0.6 is 0 Å². The second-order valence-corrected chi connectivity index (χ2v) is 7.02. The number of likely N-dealkylation sites (N-methyl/N-ethyl adjacent to an activating group) is 1. The van der Waals surface area contributed by atoms with Gasteiger partial charge in [-0.05, 0) is 44.1 Å². The van der Waals surface area contributed by atoms with Crippen LogP contribution in [0, 0.1) is 11.8 Å². The molecule has 20 heavy (non-hydrogen) atoms. The monoisotopic (exact) mass is 283 g/mol. The first-order chi connectivity index (χ1) is 9.62. The van der Waals surface area contributed by atoms with Crippen LogP contribution in [0.25, 0.3) is 0 Å². The summed E-state index contributed by atoms with van der Waals surface area (Å²) in [6, 6.07) is 0.464. The second kappa shape index (κ2) is 7.24. The third kappa shape index (κ3) is 3.55. The summed E-state index contributed by atoms with van der Waals surface area (Å²) >= 11 is 0. The van der Waals surface area contributed by atoms with E-state index in [1.807, 2.05) is 7.11 Å². The van der Waals surface area contributed by atoms with Crippen molar-refractivity contribution in [3.05, 3.63) is 0 Å². The van der Waals surface area contributed by atoms with Crippen molar-refractivity contribution in [2.45, 2.75) is 77.0 Å². The first-order valence-electron chi connectivity index (χ1n) is 8.52. The Hall–Kier alpha value is -0.120. The van der Waals surface area contributed by atoms with Gasteiger partial charge in [0, 0.05) is 19.8 Å². The molecule has 1 saturated heterocycles. The smallest absolute Gasteiger partial charge is 0.0749 e. The van der Waals surface area contributed by atoms with Crippen molar-refractivity contribution in [1.82, 2.24) is 5.32 Å². The molecule has 3 heteroatoms. The molecular weight excluding hydrogens is 250 g/mol. The van der Waals surface area contributed by atoms with Gasteiger partial charge in [0.2, 0.25) is 0 Å². The zero-order valence-corrected chi connectivity index (χ0v) is 13.8. The van der Waals surface area contributed by atoms with Crippen molar-refractivity contribution in [3.63, 3.8) is 0 Å². The van der Waals surface area contributed by atoms with Crippen molar-refractivity contribution < 1.29 is 9.47 Å². The van der Waals surface area contributed by atoms with E-state index in [0.717, 1.165) is 13.2 Å². The molecule has 2 fully saturated rings. The normalized spacial score (nSPS) is 28.9. The van der Waals surface area contributed by atoms with Crippen LogP contribution in [0.1, 0.15) is 59.3 Å². The Morgan fingerprint density at radius 2 is 2.00 bits per heavy atom. The lowest BCUT2D eigenvalue weighted by Gasteiger charge is -2.44. The minimum atomic E-state index is 0.200. The molecule has 0 amide bonds. The molecule has 3 atom stereocenters. The quantitative estimate of drug-likeness (QED) is 0.810. The van der Waals surface area contributed by atoms with Gasteiger partial charge in [0.1, 0.15) is 0 Å². The van der Waals surface area contributed by atoms with Gasteiger partial charge in [0.15, 0.2) is 0 Å². The van der Waals surface area contributed by atoms with E-state index in [1.54, 1.807) is 0 Å². The highest BCUT2D eigenvalue weighted by Crippen LogP contribution is 2.43. The Morgan fingerprint density at radius 3 is 2.55 bits per heavy atom. The van der Waals surface area contributed by atoms with Crippen molar-refractivity contribution in [1.29, 1.82) is 0 Å². The van der Waals surface area contributed by atoms with Crippen LogP contribution < -0.4 is 5.32 Å². The van der Waals surface area contributed by atoms with Crippen molar-refractivity contribution in [3.8, 4) is 0 Å². The van der Waals surface area contributed by atoms with E-state index >= 15 is 0 Å². The molecule has 118 valence electrons. The maximum absolute atomic E-state index is 6.19. The summed E-state index contributed by atoms with van der Waals surface area (Å²) in [5, 5.41) is 3.71. The highest BCUT2D eigenvalue weighted by molar-refractivity contribution is 4.96. The van der Waals surface area contributed by atoms with Gasteiger partial charge < -0.3 is 14.8 Å². The lowest BCUT2D eigenvalue weighted by Crippen LogP contribution is -2.52. The number of hydrogen-bond donors (Lipinski definition) is 1. The molecule has 1 aliphatic heterocycles. The maximum atomic E-state index is 6.19. The highest BCUT2D eigenvalue weighted by Gasteiger charge is 2.43. The molecule has 0 bridgehead atoms. The SMILES string of the molecule is CCNC(C1CCOC2(CCCC2)C1)C(OC)C(C)C. The summed E-state index contributed by atoms with van der Waals surface area (Å²) in [5.41, 5.74) is 0.200. The molecule has 0 aromatic rings. The maximum Gasteiger partial charge on any atom is 0.0749 e. The molecule has 0 aromatic heterocycles. The summed E-state index contributed by atoms with van der Waals surface area (Å²) < 4.78 is 12.0. The molecule has 0 aromatic carbocycles. The summed E-state index contributed by atoms with van der Waals surface area (Å²) in [5.74, 6) is 1.24. The standard InChI is InChI=1S/C17H33NO2/c1-5-18-15(16(19-4)13(2)3)14-8-11-20-17(12-14)9-6-7-10-17/h13-16,18H,5-12H2,1-4H3. The van der Waals surface area contributed by atoms with Gasteiger partial charge in [-0.2, -0.15) is 0 Å². The Morgan fingerprint density at radius 1 is 1.30 bits per heavy atom. The molecule has 3 nitrogen and oxygen atoms in total. The summed E-state index contributed by atoms with van der Waals surface area (Å²) in [4.78, 5) is 0. The predicted molar refractivity (Wildman–Crippen MR) is 83.0 cm³/mol. The fourth-order valence-corrected chi connectivity index (χ4v) is 4.36. The van der Waals surface area contributed by atoms with Crippen LogP contribution in [-0.4, -0.2) is 38.0 Å². The van der Waals surface area contributed by atoms with E-state index < -0.39 is 0 Å². The van der Waals surface area contributed by atoms with E-state index in [4.69, 9.17) is 9.47 Å². The number of ether oxygens (including phenoxy) is 2. The molecule has 2 rings (SSSR count). The second-order valence-electron chi connectivity index (χ2n) is 7.02. The molecule has 1 N–H and O–H groups in total. The van der Waals surface area contributed by atoms with Gasteiger partial charge in [0.25, 0.3) is 0 Å². The van der Waals surface area contributed by atoms with Crippen LogP contribution in [0.5, 0.6) is 0 Å². The molecule has 0 radical (unpaired) electrons. The van der Waals surface area contributed by atoms with Crippen molar-refractivity contribution in [2.24, 2.45) is 11.8 Å². The van der Waals surface area contributed by atoms with Gasteiger partial charge in [-0.3, -0.25) is 0 Å². The summed E-state index contributed by atoms with van der Waals surface area (Å²) in [6.07, 6.45) is 7.91. The van der Waals surface area contributed by atoms with Crippen LogP contribution in [0.2, 0.25) is 0 Å². The molecule has 1 heterocycles. The van der Waals surface area contributed by atoms with Gasteiger partial charge in [-0.25, -0.2) is 0 Å². The average Bonchev–Trinajstić information content (AvgIpc) is 2.86. The summed E-state index contributed by atoms with van der Waals surface area (Å²) in [7, 11) is 1.86. The highest BCUT2D eigenvalue weighted by atomic mass is 16.5. The molecule has 1 spiro atoms. The molecule has 1 aliphatic carbocycles. The average molecular weight is 283 g/mol. The molecule has 2 aliphatic rings. The molecule has 1 saturated carbocycles. The van der Waals surface area contributed by atoms with Gasteiger partial charge in [0.05, 0.1) is 11.7 Å². The fraction of sp³-hybridized carbons (Fsp3) is 1.00. The first kappa shape index (κ1) is 16.3. The molecule has 3 unspecified atom stereocenters. The topological polar surface area (TPSA) is 30.5 Å². The minimum absolute atomic E-state index is 0.200. The first-order valence-corrected chi connectivity index (χ1v) is 8.52. The van der Waals surface area contributed by atoms with Gasteiger partial charge in [-0.15, -0.1) is 0 Å². The lowest BCUT2D eigenvalue weighted by atomic mass is 9.77. The molecular formula is C17H33NO2. The Labute approximate surface area is 124 Å². The minimum Gasteiger partial charge on any atom is -0.380 e. The summed E-state index contributed by atoms with van der Waals surface area (Å²) in [6.45, 7) is 8.68. The zero-order chi connectivity index (χ0) is 14.6. The largest absolute Gasteiger partial charge is 0.380 e. The number of hydrogen-bond acceptors (Lipinski definition) is 3. The zero-order valence-electron chi connectivity index (χ0n) is 13.8. The number of methoxy groups -OCH3 is 1. The fourth-order valence-electron chi connectivity index (χ4n) is 4.36. The van der Waals surface area contributed by atoms with Crippen LogP contribution in [0.4, 0.5) is 0 Å². The third-order valence-corrected chi connectivity index (χ3v) is 5.28. The Kier molecular flexibility index (Phi) is 5.88. The van der Waals surface area contributed by atoms with E-state index in [1.165, 1.54) is 38.5 Å². The van der Waals surface area contributed by atoms with E-state index in [9.17, 15) is 0 Å². The van der Waals surface area contributed by atoms with Crippen LogP contribution in [0.15, 0.2) is 0 Å². The van der Waals surface area contributed by atoms with Gasteiger partial charge >= 0.3 is 0 Å². The van der Waals surface area contributed by atoms with E-state index in [-0.39, 0.29) is 5.60 Å².